The van der Waals surface area contributed by atoms with Gasteiger partial charge < -0.3 is 10.2 Å². The fourth-order valence-electron chi connectivity index (χ4n) is 2.61. The van der Waals surface area contributed by atoms with Crippen molar-refractivity contribution in [1.29, 1.82) is 0 Å². The molecule has 8 heteroatoms. The van der Waals surface area contributed by atoms with Gasteiger partial charge in [-0.2, -0.15) is 4.98 Å². The number of carbonyl (C=O) groups excluding carboxylic acids is 2. The Labute approximate surface area is 150 Å². The van der Waals surface area contributed by atoms with Crippen molar-refractivity contribution in [3.63, 3.8) is 0 Å². The van der Waals surface area contributed by atoms with E-state index in [1.807, 2.05) is 32.0 Å². The molecule has 26 heavy (non-hydrogen) atoms. The Bertz CT molecular complexity index is 965. The number of fused-ring (bicyclic) bond motifs is 1. The summed E-state index contributed by atoms with van der Waals surface area (Å²) >= 11 is 0. The van der Waals surface area contributed by atoms with E-state index in [-0.39, 0.29) is 11.7 Å². The minimum absolute atomic E-state index is 0.0165. The van der Waals surface area contributed by atoms with Gasteiger partial charge in [-0.05, 0) is 31.5 Å². The third-order valence-electron chi connectivity index (χ3n) is 4.09. The van der Waals surface area contributed by atoms with Crippen molar-refractivity contribution in [2.45, 2.75) is 27.3 Å². The molecule has 0 aliphatic rings. The predicted molar refractivity (Wildman–Crippen MR) is 96.7 cm³/mol. The van der Waals surface area contributed by atoms with Gasteiger partial charge in [0.15, 0.2) is 0 Å². The average molecular weight is 352 g/mol. The summed E-state index contributed by atoms with van der Waals surface area (Å²) in [4.78, 5) is 34.2. The molecule has 0 saturated carbocycles. The first-order valence-corrected chi connectivity index (χ1v) is 8.32. The van der Waals surface area contributed by atoms with Crippen LogP contribution in [0.4, 0.5) is 5.69 Å². The van der Waals surface area contributed by atoms with E-state index in [9.17, 15) is 9.59 Å². The summed E-state index contributed by atoms with van der Waals surface area (Å²) in [5.74, 6) is -0.0249. The summed E-state index contributed by atoms with van der Waals surface area (Å²) in [6, 6.07) is 9.16. The highest BCUT2D eigenvalue weighted by molar-refractivity contribution is 6.02. The van der Waals surface area contributed by atoms with E-state index >= 15 is 0 Å². The van der Waals surface area contributed by atoms with Crippen LogP contribution in [0.2, 0.25) is 0 Å². The van der Waals surface area contributed by atoms with Crippen LogP contribution in [-0.2, 0) is 11.3 Å². The first-order valence-electron chi connectivity index (χ1n) is 8.32. The Morgan fingerprint density at radius 2 is 2.00 bits per heavy atom. The zero-order chi connectivity index (χ0) is 18.7. The molecular weight excluding hydrogens is 332 g/mol. The lowest BCUT2D eigenvalue weighted by molar-refractivity contribution is -0.129. The lowest BCUT2D eigenvalue weighted by Gasteiger charge is -2.20. The molecule has 0 radical (unpaired) electrons. The molecule has 3 aromatic rings. The fraction of sp³-hybridized carbons (Fsp3) is 0.278. The van der Waals surface area contributed by atoms with Crippen LogP contribution in [0.5, 0.6) is 0 Å². The van der Waals surface area contributed by atoms with E-state index in [1.54, 1.807) is 23.2 Å². The van der Waals surface area contributed by atoms with E-state index in [0.717, 1.165) is 11.3 Å². The van der Waals surface area contributed by atoms with Gasteiger partial charge in [0.25, 0.3) is 11.7 Å². The van der Waals surface area contributed by atoms with Gasteiger partial charge >= 0.3 is 0 Å². The van der Waals surface area contributed by atoms with Gasteiger partial charge in [-0.1, -0.05) is 18.2 Å². The Balaban J connectivity index is 1.85. The number of anilines is 1. The molecule has 0 spiro atoms. The van der Waals surface area contributed by atoms with Gasteiger partial charge in [0.05, 0.1) is 0 Å². The second kappa shape index (κ2) is 7.30. The van der Waals surface area contributed by atoms with Crippen LogP contribution >= 0.6 is 0 Å². The highest BCUT2D eigenvalue weighted by Gasteiger charge is 2.17. The first-order chi connectivity index (χ1) is 12.5. The number of carbonyl (C=O) groups is 2. The van der Waals surface area contributed by atoms with Gasteiger partial charge in [0, 0.05) is 37.6 Å². The van der Waals surface area contributed by atoms with Crippen molar-refractivity contribution in [2.75, 3.05) is 11.9 Å². The summed E-state index contributed by atoms with van der Waals surface area (Å²) in [5, 5.41) is 7.04. The van der Waals surface area contributed by atoms with Gasteiger partial charge in [-0.25, -0.2) is 9.50 Å². The molecule has 0 saturated heterocycles. The van der Waals surface area contributed by atoms with E-state index in [1.165, 1.54) is 11.4 Å². The normalized spacial score (nSPS) is 10.7. The zero-order valence-electron chi connectivity index (χ0n) is 14.9. The molecular formula is C18H20N6O2. The van der Waals surface area contributed by atoms with Crippen molar-refractivity contribution in [3.8, 4) is 0 Å². The minimum atomic E-state index is -0.423. The van der Waals surface area contributed by atoms with Crippen molar-refractivity contribution in [2.24, 2.45) is 0 Å². The number of nitrogens with one attached hydrogen (secondary N) is 1. The Morgan fingerprint density at radius 1 is 1.23 bits per heavy atom. The number of amides is 2. The molecule has 134 valence electrons. The maximum atomic E-state index is 12.6. The number of aryl methyl sites for hydroxylation is 1. The number of aromatic nitrogens is 4. The molecule has 1 N–H and O–H groups in total. The molecule has 0 bridgehead atoms. The van der Waals surface area contributed by atoms with E-state index in [2.05, 4.69) is 20.4 Å². The number of rotatable bonds is 5. The molecule has 2 aromatic heterocycles. The zero-order valence-corrected chi connectivity index (χ0v) is 14.9. The summed E-state index contributed by atoms with van der Waals surface area (Å²) in [5.41, 5.74) is 2.30. The number of hydrogen-bond donors (Lipinski definition) is 1. The molecule has 0 aliphatic heterocycles. The number of benzene rings is 1. The van der Waals surface area contributed by atoms with Crippen molar-refractivity contribution in [1.82, 2.24) is 24.5 Å². The molecule has 0 aliphatic carbocycles. The number of hydrogen-bond acceptors (Lipinski definition) is 5. The summed E-state index contributed by atoms with van der Waals surface area (Å²) in [6.07, 6.45) is 1.62. The van der Waals surface area contributed by atoms with Gasteiger partial charge in [-0.15, -0.1) is 5.10 Å². The molecule has 0 atom stereocenters. The highest BCUT2D eigenvalue weighted by atomic mass is 16.2. The maximum absolute atomic E-state index is 12.6. The molecule has 3 rings (SSSR count). The molecule has 2 amide bonds. The van der Waals surface area contributed by atoms with Crippen LogP contribution in [0.15, 0.2) is 36.5 Å². The van der Waals surface area contributed by atoms with Crippen molar-refractivity contribution >= 4 is 23.3 Å². The monoisotopic (exact) mass is 352 g/mol. The Hall–Kier alpha value is -3.29. The molecule has 1 aromatic carbocycles. The standard InChI is InChI=1S/C18H20N6O2/c1-4-23(13(3)25)11-14-7-5-6-8-15(14)20-17(26)16-21-18-19-10-9-12(2)24(18)22-16/h5-10H,4,11H2,1-3H3,(H,20,26). The van der Waals surface area contributed by atoms with Crippen LogP contribution in [0, 0.1) is 6.92 Å². The van der Waals surface area contributed by atoms with Gasteiger partial charge in [0.2, 0.25) is 11.7 Å². The smallest absolute Gasteiger partial charge is 0.295 e. The second-order valence-electron chi connectivity index (χ2n) is 5.88. The number of nitrogens with zero attached hydrogens (tertiary/aromatic N) is 5. The maximum Gasteiger partial charge on any atom is 0.295 e. The Kier molecular flexibility index (Phi) is 4.92. The molecule has 2 heterocycles. The van der Waals surface area contributed by atoms with Crippen LogP contribution in [0.3, 0.4) is 0 Å². The SMILES string of the molecule is CCN(Cc1ccccc1NC(=O)c1nc2nccc(C)n2n1)C(C)=O. The Morgan fingerprint density at radius 3 is 2.69 bits per heavy atom. The third kappa shape index (κ3) is 3.53. The van der Waals surface area contributed by atoms with E-state index in [4.69, 9.17) is 0 Å². The van der Waals surface area contributed by atoms with Gasteiger partial charge in [-0.3, -0.25) is 9.59 Å². The topological polar surface area (TPSA) is 92.5 Å². The lowest BCUT2D eigenvalue weighted by atomic mass is 10.1. The van der Waals surface area contributed by atoms with E-state index in [0.29, 0.717) is 24.6 Å². The molecule has 0 fully saturated rings. The molecule has 8 nitrogen and oxygen atoms in total. The second-order valence-corrected chi connectivity index (χ2v) is 5.88. The summed E-state index contributed by atoms with van der Waals surface area (Å²) in [7, 11) is 0. The van der Waals surface area contributed by atoms with Crippen LogP contribution in [0.1, 0.15) is 35.7 Å². The fourth-order valence-corrected chi connectivity index (χ4v) is 2.61. The van der Waals surface area contributed by atoms with E-state index < -0.39 is 5.91 Å². The largest absolute Gasteiger partial charge is 0.339 e. The summed E-state index contributed by atoms with van der Waals surface area (Å²) in [6.45, 7) is 6.32. The number of para-hydroxylation sites is 1. The third-order valence-corrected chi connectivity index (χ3v) is 4.09. The lowest BCUT2D eigenvalue weighted by Crippen LogP contribution is -2.28. The minimum Gasteiger partial charge on any atom is -0.339 e. The molecule has 0 unspecified atom stereocenters. The average Bonchev–Trinajstić information content (AvgIpc) is 3.06. The highest BCUT2D eigenvalue weighted by Crippen LogP contribution is 2.18. The van der Waals surface area contributed by atoms with Crippen molar-refractivity contribution < 1.29 is 9.59 Å². The first kappa shape index (κ1) is 17.5. The summed E-state index contributed by atoms with van der Waals surface area (Å²) < 4.78 is 1.52. The predicted octanol–water partition coefficient (Wildman–Crippen LogP) is 2.05. The quantitative estimate of drug-likeness (QED) is 0.759. The van der Waals surface area contributed by atoms with Crippen LogP contribution in [-0.4, -0.2) is 42.8 Å². The van der Waals surface area contributed by atoms with Crippen LogP contribution < -0.4 is 5.32 Å². The van der Waals surface area contributed by atoms with Gasteiger partial charge in [0.1, 0.15) is 0 Å². The van der Waals surface area contributed by atoms with Crippen LogP contribution in [0.25, 0.3) is 5.78 Å². The van der Waals surface area contributed by atoms with Crippen molar-refractivity contribution in [3.05, 3.63) is 53.6 Å².